The summed E-state index contributed by atoms with van der Waals surface area (Å²) in [5.74, 6) is 0.115. The number of piperazine rings is 1. The number of rotatable bonds is 4. The Morgan fingerprint density at radius 3 is 2.12 bits per heavy atom. The second-order valence-corrected chi connectivity index (χ2v) is 6.58. The number of hydrogen-bond acceptors (Lipinski definition) is 4. The average Bonchev–Trinajstić information content (AvgIpc) is 3.14. The Balaban J connectivity index is 1.49. The molecule has 0 radical (unpaired) electrons. The van der Waals surface area contributed by atoms with Gasteiger partial charge in [-0.3, -0.25) is 14.5 Å². The first kappa shape index (κ1) is 16.9. The molecule has 2 amide bonds. The highest BCUT2D eigenvalue weighted by Crippen LogP contribution is 2.15. The van der Waals surface area contributed by atoms with Gasteiger partial charge in [-0.1, -0.05) is 30.3 Å². The van der Waals surface area contributed by atoms with Gasteiger partial charge in [-0.2, -0.15) is 0 Å². The SMILES string of the molecule is NC(C(=O)N1CCN(C(=O)CN2CCCC2)CC1)c1ccccc1. The first-order chi connectivity index (χ1) is 11.6. The summed E-state index contributed by atoms with van der Waals surface area (Å²) in [6.07, 6.45) is 2.37. The monoisotopic (exact) mass is 330 g/mol. The highest BCUT2D eigenvalue weighted by atomic mass is 16.2. The first-order valence-corrected chi connectivity index (χ1v) is 8.74. The summed E-state index contributed by atoms with van der Waals surface area (Å²) in [4.78, 5) is 30.7. The van der Waals surface area contributed by atoms with E-state index in [9.17, 15) is 9.59 Å². The maximum atomic E-state index is 12.5. The summed E-state index contributed by atoms with van der Waals surface area (Å²) in [6.45, 7) is 4.87. The van der Waals surface area contributed by atoms with E-state index in [1.165, 1.54) is 12.8 Å². The lowest BCUT2D eigenvalue weighted by atomic mass is 10.1. The van der Waals surface area contributed by atoms with Crippen molar-refractivity contribution in [2.45, 2.75) is 18.9 Å². The lowest BCUT2D eigenvalue weighted by Gasteiger charge is -2.36. The Kier molecular flexibility index (Phi) is 5.48. The molecule has 0 bridgehead atoms. The second kappa shape index (κ2) is 7.77. The van der Waals surface area contributed by atoms with Crippen LogP contribution in [0.3, 0.4) is 0 Å². The summed E-state index contributed by atoms with van der Waals surface area (Å²) in [7, 11) is 0. The molecule has 2 aliphatic heterocycles. The van der Waals surface area contributed by atoms with E-state index in [0.717, 1.165) is 18.7 Å². The third-order valence-electron chi connectivity index (χ3n) is 4.93. The van der Waals surface area contributed by atoms with Crippen LogP contribution in [0, 0.1) is 0 Å². The van der Waals surface area contributed by atoms with Gasteiger partial charge < -0.3 is 15.5 Å². The molecule has 2 N–H and O–H groups in total. The number of likely N-dealkylation sites (tertiary alicyclic amines) is 1. The number of nitrogens with zero attached hydrogens (tertiary/aromatic N) is 3. The highest BCUT2D eigenvalue weighted by Gasteiger charge is 2.28. The van der Waals surface area contributed by atoms with E-state index in [1.807, 2.05) is 35.2 Å². The zero-order valence-electron chi connectivity index (χ0n) is 14.1. The van der Waals surface area contributed by atoms with E-state index in [1.54, 1.807) is 4.90 Å². The van der Waals surface area contributed by atoms with Crippen molar-refractivity contribution in [1.82, 2.24) is 14.7 Å². The van der Waals surface area contributed by atoms with E-state index in [-0.39, 0.29) is 11.8 Å². The zero-order valence-corrected chi connectivity index (χ0v) is 14.1. The summed E-state index contributed by atoms with van der Waals surface area (Å²) >= 11 is 0. The van der Waals surface area contributed by atoms with Gasteiger partial charge in [0.25, 0.3) is 0 Å². The molecule has 1 unspecified atom stereocenters. The lowest BCUT2D eigenvalue weighted by Crippen LogP contribution is -2.54. The molecule has 24 heavy (non-hydrogen) atoms. The summed E-state index contributed by atoms with van der Waals surface area (Å²) in [6, 6.07) is 8.80. The Labute approximate surface area is 143 Å². The number of carbonyl (C=O) groups excluding carboxylic acids is 2. The van der Waals surface area contributed by atoms with Crippen LogP contribution in [-0.4, -0.2) is 72.3 Å². The molecule has 6 nitrogen and oxygen atoms in total. The fourth-order valence-electron chi connectivity index (χ4n) is 3.41. The molecule has 2 fully saturated rings. The number of benzene rings is 1. The molecule has 0 aliphatic carbocycles. The van der Waals surface area contributed by atoms with Gasteiger partial charge in [0.05, 0.1) is 6.54 Å². The Hall–Kier alpha value is -1.92. The highest BCUT2D eigenvalue weighted by molar-refractivity contribution is 5.84. The molecule has 0 saturated carbocycles. The molecule has 0 spiro atoms. The first-order valence-electron chi connectivity index (χ1n) is 8.74. The number of amides is 2. The molecule has 2 aliphatic rings. The molecular formula is C18H26N4O2. The molecule has 2 saturated heterocycles. The minimum atomic E-state index is -0.627. The van der Waals surface area contributed by atoms with Gasteiger partial charge in [0, 0.05) is 26.2 Å². The van der Waals surface area contributed by atoms with Gasteiger partial charge in [0.15, 0.2) is 0 Å². The van der Waals surface area contributed by atoms with Gasteiger partial charge in [0.2, 0.25) is 11.8 Å². The van der Waals surface area contributed by atoms with Crippen molar-refractivity contribution < 1.29 is 9.59 Å². The molecule has 3 rings (SSSR count). The molecule has 0 aromatic heterocycles. The lowest BCUT2D eigenvalue weighted by molar-refractivity contribution is -0.140. The van der Waals surface area contributed by atoms with Crippen LogP contribution in [0.2, 0.25) is 0 Å². The molecule has 1 aromatic carbocycles. The van der Waals surface area contributed by atoms with E-state index in [2.05, 4.69) is 4.90 Å². The smallest absolute Gasteiger partial charge is 0.244 e. The molecule has 6 heteroatoms. The largest absolute Gasteiger partial charge is 0.338 e. The second-order valence-electron chi connectivity index (χ2n) is 6.58. The van der Waals surface area contributed by atoms with E-state index in [0.29, 0.717) is 32.7 Å². The Bertz CT molecular complexity index is 564. The molecule has 130 valence electrons. The number of nitrogens with two attached hydrogens (primary N) is 1. The van der Waals surface area contributed by atoms with Crippen LogP contribution in [0.5, 0.6) is 0 Å². The van der Waals surface area contributed by atoms with Crippen LogP contribution >= 0.6 is 0 Å². The maximum absolute atomic E-state index is 12.5. The van der Waals surface area contributed by atoms with E-state index in [4.69, 9.17) is 5.73 Å². The van der Waals surface area contributed by atoms with Gasteiger partial charge in [-0.25, -0.2) is 0 Å². The minimum absolute atomic E-state index is 0.0622. The van der Waals surface area contributed by atoms with Gasteiger partial charge in [0.1, 0.15) is 6.04 Å². The van der Waals surface area contributed by atoms with Crippen molar-refractivity contribution in [1.29, 1.82) is 0 Å². The van der Waals surface area contributed by atoms with Crippen LogP contribution < -0.4 is 5.73 Å². The predicted octanol–water partition coefficient (Wildman–Crippen LogP) is 0.453. The van der Waals surface area contributed by atoms with E-state index < -0.39 is 6.04 Å². The predicted molar refractivity (Wildman–Crippen MR) is 92.2 cm³/mol. The fraction of sp³-hybridized carbons (Fsp3) is 0.556. The zero-order chi connectivity index (χ0) is 16.9. The van der Waals surface area contributed by atoms with Gasteiger partial charge >= 0.3 is 0 Å². The Morgan fingerprint density at radius 1 is 0.917 bits per heavy atom. The third-order valence-corrected chi connectivity index (χ3v) is 4.93. The summed E-state index contributed by atoms with van der Waals surface area (Å²) in [5, 5.41) is 0. The topological polar surface area (TPSA) is 69.9 Å². The van der Waals surface area contributed by atoms with Crippen molar-refractivity contribution in [3.63, 3.8) is 0 Å². The number of carbonyl (C=O) groups is 2. The molecule has 1 aromatic rings. The normalized spacial score (nSPS) is 20.2. The standard InChI is InChI=1S/C18H26N4O2/c19-17(15-6-2-1-3-7-15)18(24)22-12-10-21(11-13-22)16(23)14-20-8-4-5-9-20/h1-3,6-7,17H,4-5,8-14,19H2. The van der Waals surface area contributed by atoms with Crippen LogP contribution in [0.15, 0.2) is 30.3 Å². The average molecular weight is 330 g/mol. The maximum Gasteiger partial charge on any atom is 0.244 e. The molecular weight excluding hydrogens is 304 g/mol. The van der Waals surface area contributed by atoms with Crippen LogP contribution in [0.4, 0.5) is 0 Å². The minimum Gasteiger partial charge on any atom is -0.338 e. The number of hydrogen-bond donors (Lipinski definition) is 1. The van der Waals surface area contributed by atoms with Gasteiger partial charge in [-0.15, -0.1) is 0 Å². The van der Waals surface area contributed by atoms with Gasteiger partial charge in [-0.05, 0) is 31.5 Å². The van der Waals surface area contributed by atoms with E-state index >= 15 is 0 Å². The van der Waals surface area contributed by atoms with Crippen LogP contribution in [0.25, 0.3) is 0 Å². The molecule has 1 atom stereocenters. The van der Waals surface area contributed by atoms with Crippen molar-refractivity contribution in [3.05, 3.63) is 35.9 Å². The van der Waals surface area contributed by atoms with Crippen LogP contribution in [0.1, 0.15) is 24.4 Å². The van der Waals surface area contributed by atoms with Crippen molar-refractivity contribution in [3.8, 4) is 0 Å². The summed E-state index contributed by atoms with van der Waals surface area (Å²) in [5.41, 5.74) is 6.92. The molecule has 2 heterocycles. The van der Waals surface area contributed by atoms with Crippen molar-refractivity contribution in [2.75, 3.05) is 45.8 Å². The quantitative estimate of drug-likeness (QED) is 0.870. The van der Waals surface area contributed by atoms with Crippen LogP contribution in [-0.2, 0) is 9.59 Å². The summed E-state index contributed by atoms with van der Waals surface area (Å²) < 4.78 is 0. The van der Waals surface area contributed by atoms with Crippen molar-refractivity contribution in [2.24, 2.45) is 5.73 Å². The Morgan fingerprint density at radius 2 is 1.50 bits per heavy atom. The fourth-order valence-corrected chi connectivity index (χ4v) is 3.41. The van der Waals surface area contributed by atoms with Crippen molar-refractivity contribution >= 4 is 11.8 Å². The third kappa shape index (κ3) is 3.94.